The van der Waals surface area contributed by atoms with Crippen LogP contribution in [0.1, 0.15) is 5.56 Å². The number of hydrogen-bond acceptors (Lipinski definition) is 6. The molecule has 1 saturated heterocycles. The van der Waals surface area contributed by atoms with Gasteiger partial charge in [0.1, 0.15) is 5.69 Å². The first kappa shape index (κ1) is 19.6. The van der Waals surface area contributed by atoms with E-state index in [9.17, 15) is 14.9 Å². The summed E-state index contributed by atoms with van der Waals surface area (Å²) in [5.41, 5.74) is 2.98. The van der Waals surface area contributed by atoms with E-state index in [1.54, 1.807) is 31.0 Å². The fourth-order valence-corrected chi connectivity index (χ4v) is 3.18. The van der Waals surface area contributed by atoms with E-state index in [1.165, 1.54) is 6.07 Å². The zero-order valence-electron chi connectivity index (χ0n) is 16.1. The van der Waals surface area contributed by atoms with Crippen LogP contribution >= 0.6 is 0 Å². The molecule has 0 saturated carbocycles. The van der Waals surface area contributed by atoms with Crippen LogP contribution in [-0.4, -0.2) is 50.7 Å². The van der Waals surface area contributed by atoms with Gasteiger partial charge in [-0.2, -0.15) is 0 Å². The first-order chi connectivity index (χ1) is 13.4. The van der Waals surface area contributed by atoms with Crippen molar-refractivity contribution in [2.45, 2.75) is 6.92 Å². The molecule has 148 valence electrons. The van der Waals surface area contributed by atoms with Crippen LogP contribution in [0, 0.1) is 17.0 Å². The van der Waals surface area contributed by atoms with Crippen LogP contribution < -0.4 is 15.1 Å². The summed E-state index contributed by atoms with van der Waals surface area (Å²) in [5.74, 6) is -0.239. The first-order valence-corrected chi connectivity index (χ1v) is 9.13. The molecule has 0 bridgehead atoms. The van der Waals surface area contributed by atoms with Crippen LogP contribution in [0.4, 0.5) is 22.7 Å². The molecule has 3 rings (SSSR count). The summed E-state index contributed by atoms with van der Waals surface area (Å²) < 4.78 is 5.36. The maximum absolute atomic E-state index is 12.4. The molecule has 1 aliphatic heterocycles. The fourth-order valence-electron chi connectivity index (χ4n) is 3.18. The molecule has 1 fully saturated rings. The monoisotopic (exact) mass is 384 g/mol. The number of ether oxygens (including phenoxy) is 1. The Balaban J connectivity index is 1.61. The Morgan fingerprint density at radius 1 is 1.21 bits per heavy atom. The zero-order chi connectivity index (χ0) is 20.1. The number of carbonyl (C=O) groups excluding carboxylic acids is 1. The molecular weight excluding hydrogens is 360 g/mol. The van der Waals surface area contributed by atoms with Gasteiger partial charge in [0.15, 0.2) is 0 Å². The Kier molecular flexibility index (Phi) is 6.10. The van der Waals surface area contributed by atoms with Gasteiger partial charge < -0.3 is 19.9 Å². The van der Waals surface area contributed by atoms with Crippen LogP contribution in [0.2, 0.25) is 0 Å². The topological polar surface area (TPSA) is 88.0 Å². The maximum atomic E-state index is 12.4. The second kappa shape index (κ2) is 8.71. The summed E-state index contributed by atoms with van der Waals surface area (Å²) in [6.45, 7) is 4.95. The number of nitro benzene ring substituents is 1. The number of likely N-dealkylation sites (N-methyl/N-ethyl adjacent to an activating group) is 1. The van der Waals surface area contributed by atoms with Crippen LogP contribution in [0.3, 0.4) is 0 Å². The number of rotatable bonds is 6. The molecule has 0 atom stereocenters. The highest BCUT2D eigenvalue weighted by atomic mass is 16.6. The van der Waals surface area contributed by atoms with E-state index >= 15 is 0 Å². The van der Waals surface area contributed by atoms with Gasteiger partial charge in [-0.3, -0.25) is 14.9 Å². The summed E-state index contributed by atoms with van der Waals surface area (Å²) in [4.78, 5) is 27.0. The van der Waals surface area contributed by atoms with Crippen molar-refractivity contribution >= 4 is 28.7 Å². The third kappa shape index (κ3) is 4.77. The van der Waals surface area contributed by atoms with E-state index in [1.807, 2.05) is 24.3 Å². The van der Waals surface area contributed by atoms with Crippen LogP contribution in [0.25, 0.3) is 0 Å². The molecule has 1 N–H and O–H groups in total. The molecule has 1 aliphatic rings. The van der Waals surface area contributed by atoms with Crippen LogP contribution in [-0.2, 0) is 9.53 Å². The highest BCUT2D eigenvalue weighted by molar-refractivity contribution is 5.94. The number of anilines is 3. The average Bonchev–Trinajstić information content (AvgIpc) is 2.69. The van der Waals surface area contributed by atoms with Crippen molar-refractivity contribution in [3.05, 3.63) is 58.1 Å². The summed E-state index contributed by atoms with van der Waals surface area (Å²) in [6, 6.07) is 12.6. The Hall–Kier alpha value is -3.13. The minimum absolute atomic E-state index is 0.00904. The maximum Gasteiger partial charge on any atom is 0.292 e. The quantitative estimate of drug-likeness (QED) is 0.609. The molecule has 2 aromatic rings. The first-order valence-electron chi connectivity index (χ1n) is 9.13. The lowest BCUT2D eigenvalue weighted by Gasteiger charge is -2.29. The molecule has 1 heterocycles. The van der Waals surface area contributed by atoms with Gasteiger partial charge in [0.05, 0.1) is 24.7 Å². The summed E-state index contributed by atoms with van der Waals surface area (Å²) in [5, 5.41) is 14.1. The molecule has 0 aromatic heterocycles. The number of carbonyl (C=O) groups is 1. The van der Waals surface area contributed by atoms with Crippen molar-refractivity contribution in [3.8, 4) is 0 Å². The standard InChI is InChI=1S/C20H24N4O4/c1-15-3-8-18(19(13-15)24(26)27)22(2)14-20(25)21-16-4-6-17(7-5-16)23-9-11-28-12-10-23/h3-8,13H,9-12,14H2,1-2H3,(H,21,25). The third-order valence-corrected chi connectivity index (χ3v) is 4.65. The third-order valence-electron chi connectivity index (χ3n) is 4.65. The number of morpholine rings is 1. The van der Waals surface area contributed by atoms with Gasteiger partial charge >= 0.3 is 0 Å². The molecular formula is C20H24N4O4. The molecule has 8 heteroatoms. The molecule has 0 spiro atoms. The van der Waals surface area contributed by atoms with E-state index in [0.717, 1.165) is 37.6 Å². The zero-order valence-corrected chi connectivity index (χ0v) is 16.1. The van der Waals surface area contributed by atoms with Crippen molar-refractivity contribution < 1.29 is 14.5 Å². The van der Waals surface area contributed by atoms with Crippen molar-refractivity contribution in [1.29, 1.82) is 0 Å². The largest absolute Gasteiger partial charge is 0.378 e. The molecule has 0 aliphatic carbocycles. The summed E-state index contributed by atoms with van der Waals surface area (Å²) in [6.07, 6.45) is 0. The van der Waals surface area contributed by atoms with Gasteiger partial charge in [0, 0.05) is 37.6 Å². The SMILES string of the molecule is Cc1ccc(N(C)CC(=O)Nc2ccc(N3CCOCC3)cc2)c([N+](=O)[O-])c1. The van der Waals surface area contributed by atoms with Gasteiger partial charge in [-0.15, -0.1) is 0 Å². The van der Waals surface area contributed by atoms with Crippen LogP contribution in [0.5, 0.6) is 0 Å². The Morgan fingerprint density at radius 3 is 2.54 bits per heavy atom. The van der Waals surface area contributed by atoms with E-state index in [2.05, 4.69) is 10.2 Å². The fraction of sp³-hybridized carbons (Fsp3) is 0.350. The molecule has 8 nitrogen and oxygen atoms in total. The highest BCUT2D eigenvalue weighted by Crippen LogP contribution is 2.28. The van der Waals surface area contributed by atoms with E-state index in [0.29, 0.717) is 11.4 Å². The lowest BCUT2D eigenvalue weighted by atomic mass is 10.2. The Morgan fingerprint density at radius 2 is 1.89 bits per heavy atom. The minimum Gasteiger partial charge on any atom is -0.378 e. The number of hydrogen-bond donors (Lipinski definition) is 1. The second-order valence-corrected chi connectivity index (χ2v) is 6.80. The number of aryl methyl sites for hydroxylation is 1. The average molecular weight is 384 g/mol. The number of nitrogens with zero attached hydrogens (tertiary/aromatic N) is 3. The number of nitrogens with one attached hydrogen (secondary N) is 1. The predicted molar refractivity (Wildman–Crippen MR) is 109 cm³/mol. The summed E-state index contributed by atoms with van der Waals surface area (Å²) >= 11 is 0. The molecule has 0 radical (unpaired) electrons. The normalized spacial score (nSPS) is 13.9. The highest BCUT2D eigenvalue weighted by Gasteiger charge is 2.19. The molecule has 1 amide bonds. The van der Waals surface area contributed by atoms with Crippen molar-refractivity contribution in [2.75, 3.05) is 55.0 Å². The minimum atomic E-state index is -0.429. The van der Waals surface area contributed by atoms with E-state index in [-0.39, 0.29) is 18.1 Å². The van der Waals surface area contributed by atoms with E-state index in [4.69, 9.17) is 4.74 Å². The summed E-state index contributed by atoms with van der Waals surface area (Å²) in [7, 11) is 1.67. The van der Waals surface area contributed by atoms with Gasteiger partial charge in [-0.05, 0) is 42.8 Å². The van der Waals surface area contributed by atoms with Gasteiger partial charge in [-0.25, -0.2) is 0 Å². The van der Waals surface area contributed by atoms with Gasteiger partial charge in [0.25, 0.3) is 5.69 Å². The van der Waals surface area contributed by atoms with Crippen molar-refractivity contribution in [1.82, 2.24) is 0 Å². The predicted octanol–water partition coefficient (Wildman–Crippen LogP) is 2.81. The van der Waals surface area contributed by atoms with Gasteiger partial charge in [0.2, 0.25) is 5.91 Å². The smallest absolute Gasteiger partial charge is 0.292 e. The lowest BCUT2D eigenvalue weighted by Crippen LogP contribution is -2.36. The molecule has 2 aromatic carbocycles. The van der Waals surface area contributed by atoms with Crippen molar-refractivity contribution in [2.24, 2.45) is 0 Å². The number of amides is 1. The number of benzene rings is 2. The Labute approximate surface area is 163 Å². The number of nitro groups is 1. The van der Waals surface area contributed by atoms with E-state index < -0.39 is 4.92 Å². The van der Waals surface area contributed by atoms with Gasteiger partial charge in [-0.1, -0.05) is 6.07 Å². The second-order valence-electron chi connectivity index (χ2n) is 6.80. The van der Waals surface area contributed by atoms with Crippen molar-refractivity contribution in [3.63, 3.8) is 0 Å². The Bertz CT molecular complexity index is 848. The van der Waals surface area contributed by atoms with Crippen LogP contribution in [0.15, 0.2) is 42.5 Å². The molecule has 0 unspecified atom stereocenters. The lowest BCUT2D eigenvalue weighted by molar-refractivity contribution is -0.384. The molecule has 28 heavy (non-hydrogen) atoms.